The molecule has 1 aromatic heterocycles. The Labute approximate surface area is 201 Å². The molecule has 1 aliphatic heterocycles. The lowest BCUT2D eigenvalue weighted by Gasteiger charge is -2.12. The molecule has 0 aliphatic carbocycles. The van der Waals surface area contributed by atoms with Gasteiger partial charge in [0, 0.05) is 23.7 Å². The van der Waals surface area contributed by atoms with E-state index in [9.17, 15) is 14.0 Å². The third-order valence-electron chi connectivity index (χ3n) is 6.00. The number of carbonyl (C=O) groups excluding carboxylic acids is 2. The van der Waals surface area contributed by atoms with Crippen molar-refractivity contribution in [2.45, 2.75) is 26.4 Å². The second-order valence-electron chi connectivity index (χ2n) is 8.26. The Morgan fingerprint density at radius 1 is 0.882 bits per heavy atom. The van der Waals surface area contributed by atoms with Gasteiger partial charge in [-0.05, 0) is 53.1 Å². The molecule has 0 saturated carbocycles. The van der Waals surface area contributed by atoms with Crippen molar-refractivity contribution in [2.24, 2.45) is 0 Å². The number of para-hydroxylation sites is 1. The van der Waals surface area contributed by atoms with Crippen molar-refractivity contribution in [3.8, 4) is 0 Å². The maximum atomic E-state index is 13.2. The van der Waals surface area contributed by atoms with Gasteiger partial charge in [-0.15, -0.1) is 0 Å². The molecule has 2 amide bonds. The first-order valence-corrected chi connectivity index (χ1v) is 12.0. The summed E-state index contributed by atoms with van der Waals surface area (Å²) in [5, 5.41) is 0.739. The summed E-state index contributed by atoms with van der Waals surface area (Å²) in [5.74, 6) is -0.675. The Hall–Kier alpha value is -3.64. The van der Waals surface area contributed by atoms with Crippen LogP contribution in [0.25, 0.3) is 17.0 Å². The van der Waals surface area contributed by atoms with E-state index in [1.807, 2.05) is 30.3 Å². The van der Waals surface area contributed by atoms with Gasteiger partial charge in [0.15, 0.2) is 0 Å². The first-order valence-electron chi connectivity index (χ1n) is 11.2. The van der Waals surface area contributed by atoms with E-state index >= 15 is 0 Å². The highest BCUT2D eigenvalue weighted by Gasteiger charge is 2.35. The van der Waals surface area contributed by atoms with Crippen molar-refractivity contribution in [2.75, 3.05) is 0 Å². The van der Waals surface area contributed by atoms with E-state index < -0.39 is 0 Å². The fourth-order valence-electron chi connectivity index (χ4n) is 4.32. The van der Waals surface area contributed by atoms with E-state index in [0.29, 0.717) is 17.0 Å². The molecule has 0 spiro atoms. The highest BCUT2D eigenvalue weighted by atomic mass is 32.2. The summed E-state index contributed by atoms with van der Waals surface area (Å²) in [6, 6.07) is 22.3. The molecule has 0 unspecified atom stereocenters. The molecule has 1 saturated heterocycles. The van der Waals surface area contributed by atoms with Gasteiger partial charge in [-0.3, -0.25) is 14.5 Å². The van der Waals surface area contributed by atoms with Gasteiger partial charge < -0.3 is 4.57 Å². The lowest BCUT2D eigenvalue weighted by Crippen LogP contribution is -2.27. The van der Waals surface area contributed by atoms with Crippen molar-refractivity contribution in [3.63, 3.8) is 0 Å². The summed E-state index contributed by atoms with van der Waals surface area (Å²) in [7, 11) is 0. The number of carbonyl (C=O) groups is 2. The molecular formula is C28H23FN2O2S. The smallest absolute Gasteiger partial charge is 0.293 e. The molecule has 34 heavy (non-hydrogen) atoms. The number of nitrogens with zero attached hydrogens (tertiary/aromatic N) is 2. The molecule has 2 heterocycles. The topological polar surface area (TPSA) is 42.3 Å². The second-order valence-corrected chi connectivity index (χ2v) is 9.25. The number of rotatable bonds is 6. The third kappa shape index (κ3) is 4.29. The SMILES string of the molecule is CCc1cccc2c(/C=C3\SC(=O)N(Cc4ccc(F)cc4)C3=O)cn(Cc3ccccc3)c12. The van der Waals surface area contributed by atoms with Gasteiger partial charge >= 0.3 is 0 Å². The van der Waals surface area contributed by atoms with E-state index in [2.05, 4.69) is 42.0 Å². The molecule has 0 N–H and O–H groups in total. The molecule has 6 heteroatoms. The fraction of sp³-hybridized carbons (Fsp3) is 0.143. The van der Waals surface area contributed by atoms with Gasteiger partial charge in [0.05, 0.1) is 17.0 Å². The molecule has 0 radical (unpaired) electrons. The molecule has 0 atom stereocenters. The molecule has 3 aromatic carbocycles. The van der Waals surface area contributed by atoms with Gasteiger partial charge in [0.1, 0.15) is 5.82 Å². The first-order chi connectivity index (χ1) is 16.5. The van der Waals surface area contributed by atoms with Crippen molar-refractivity contribution in [1.29, 1.82) is 0 Å². The van der Waals surface area contributed by atoms with Crippen LogP contribution in [0.2, 0.25) is 0 Å². The van der Waals surface area contributed by atoms with Crippen LogP contribution in [0.4, 0.5) is 9.18 Å². The quantitative estimate of drug-likeness (QED) is 0.297. The normalized spacial score (nSPS) is 15.1. The monoisotopic (exact) mass is 470 g/mol. The zero-order valence-corrected chi connectivity index (χ0v) is 19.5. The number of hydrogen-bond donors (Lipinski definition) is 0. The number of amides is 2. The number of benzene rings is 3. The molecule has 170 valence electrons. The van der Waals surface area contributed by atoms with Gasteiger partial charge in [-0.2, -0.15) is 0 Å². The molecule has 0 bridgehead atoms. The predicted molar refractivity (Wildman–Crippen MR) is 135 cm³/mol. The predicted octanol–water partition coefficient (Wildman–Crippen LogP) is 6.63. The van der Waals surface area contributed by atoms with Crippen LogP contribution in [0.1, 0.15) is 29.2 Å². The highest BCUT2D eigenvalue weighted by Crippen LogP contribution is 2.35. The van der Waals surface area contributed by atoms with Crippen LogP contribution in [-0.4, -0.2) is 20.6 Å². The summed E-state index contributed by atoms with van der Waals surface area (Å²) in [6.07, 6.45) is 4.77. The molecule has 4 aromatic rings. The Kier molecular flexibility index (Phi) is 6.07. The Morgan fingerprint density at radius 3 is 2.35 bits per heavy atom. The minimum absolute atomic E-state index is 0.123. The summed E-state index contributed by atoms with van der Waals surface area (Å²) in [5.41, 5.74) is 5.19. The second kappa shape index (κ2) is 9.31. The Bertz CT molecular complexity index is 1410. The van der Waals surface area contributed by atoms with Crippen molar-refractivity contribution >= 4 is 39.9 Å². The standard InChI is InChI=1S/C28H23FN2O2S/c1-2-21-9-6-10-24-22(18-30(26(21)24)16-19-7-4-3-5-8-19)15-25-27(32)31(28(33)34-25)17-20-11-13-23(29)14-12-20/h3-15,18H,2,16-17H2,1H3/b25-15-. The molecule has 4 nitrogen and oxygen atoms in total. The zero-order chi connectivity index (χ0) is 23.7. The van der Waals surface area contributed by atoms with Crippen molar-refractivity contribution in [1.82, 2.24) is 9.47 Å². The first kappa shape index (κ1) is 22.2. The summed E-state index contributed by atoms with van der Waals surface area (Å²) in [4.78, 5) is 27.3. The maximum Gasteiger partial charge on any atom is 0.293 e. The van der Waals surface area contributed by atoms with E-state index in [4.69, 9.17) is 0 Å². The van der Waals surface area contributed by atoms with E-state index in [-0.39, 0.29) is 23.5 Å². The summed E-state index contributed by atoms with van der Waals surface area (Å²) in [6.45, 7) is 2.97. The van der Waals surface area contributed by atoms with Gasteiger partial charge in [-0.1, -0.05) is 67.6 Å². The number of aromatic nitrogens is 1. The van der Waals surface area contributed by atoms with Crippen LogP contribution >= 0.6 is 11.8 Å². The summed E-state index contributed by atoms with van der Waals surface area (Å²) >= 11 is 0.946. The molecular weight excluding hydrogens is 447 g/mol. The summed E-state index contributed by atoms with van der Waals surface area (Å²) < 4.78 is 15.4. The van der Waals surface area contributed by atoms with E-state index in [1.165, 1.54) is 28.2 Å². The lowest BCUT2D eigenvalue weighted by molar-refractivity contribution is -0.123. The van der Waals surface area contributed by atoms with E-state index in [0.717, 1.165) is 34.6 Å². The minimum Gasteiger partial charge on any atom is -0.342 e. The largest absolute Gasteiger partial charge is 0.342 e. The molecule has 1 fully saturated rings. The number of hydrogen-bond acceptors (Lipinski definition) is 3. The lowest BCUT2D eigenvalue weighted by atomic mass is 10.1. The highest BCUT2D eigenvalue weighted by molar-refractivity contribution is 8.18. The van der Waals surface area contributed by atoms with Gasteiger partial charge in [-0.25, -0.2) is 4.39 Å². The van der Waals surface area contributed by atoms with Gasteiger partial charge in [0.2, 0.25) is 0 Å². The third-order valence-corrected chi connectivity index (χ3v) is 6.91. The Morgan fingerprint density at radius 2 is 1.62 bits per heavy atom. The minimum atomic E-state index is -0.351. The van der Waals surface area contributed by atoms with Crippen LogP contribution in [0.5, 0.6) is 0 Å². The van der Waals surface area contributed by atoms with Crippen molar-refractivity contribution in [3.05, 3.63) is 112 Å². The number of aryl methyl sites for hydroxylation is 1. The number of fused-ring (bicyclic) bond motifs is 1. The van der Waals surface area contributed by atoms with Crippen LogP contribution in [0.15, 0.2) is 83.9 Å². The van der Waals surface area contributed by atoms with Crippen LogP contribution < -0.4 is 0 Å². The average molecular weight is 471 g/mol. The van der Waals surface area contributed by atoms with Gasteiger partial charge in [0.25, 0.3) is 11.1 Å². The molecule has 5 rings (SSSR count). The number of thioether (sulfide) groups is 1. The number of halogens is 1. The van der Waals surface area contributed by atoms with Crippen molar-refractivity contribution < 1.29 is 14.0 Å². The molecule has 1 aliphatic rings. The zero-order valence-electron chi connectivity index (χ0n) is 18.7. The average Bonchev–Trinajstić information content (AvgIpc) is 3.33. The van der Waals surface area contributed by atoms with Crippen LogP contribution in [-0.2, 0) is 24.3 Å². The van der Waals surface area contributed by atoms with Crippen LogP contribution in [0.3, 0.4) is 0 Å². The Balaban J connectivity index is 1.50. The maximum absolute atomic E-state index is 13.2. The van der Waals surface area contributed by atoms with E-state index in [1.54, 1.807) is 12.1 Å². The fourth-order valence-corrected chi connectivity index (χ4v) is 5.15. The number of imide groups is 1. The van der Waals surface area contributed by atoms with Crippen LogP contribution in [0, 0.1) is 5.82 Å².